The first-order valence-corrected chi connectivity index (χ1v) is 7.67. The van der Waals surface area contributed by atoms with Crippen molar-refractivity contribution in [2.45, 2.75) is 13.3 Å². The number of aromatic nitrogens is 2. The molecule has 0 saturated heterocycles. The molecule has 2 N–H and O–H groups in total. The van der Waals surface area contributed by atoms with Crippen molar-refractivity contribution in [2.75, 3.05) is 37.8 Å². The number of benzene rings is 1. The molecule has 0 spiro atoms. The van der Waals surface area contributed by atoms with E-state index in [1.807, 2.05) is 31.2 Å². The van der Waals surface area contributed by atoms with Crippen LogP contribution >= 0.6 is 11.6 Å². The van der Waals surface area contributed by atoms with Gasteiger partial charge in [0.05, 0.1) is 0 Å². The van der Waals surface area contributed by atoms with Gasteiger partial charge in [-0.1, -0.05) is 17.7 Å². The van der Waals surface area contributed by atoms with Gasteiger partial charge in [0, 0.05) is 23.5 Å². The highest BCUT2D eigenvalue weighted by molar-refractivity contribution is 6.30. The van der Waals surface area contributed by atoms with E-state index in [1.54, 1.807) is 6.20 Å². The minimum Gasteiger partial charge on any atom is -0.370 e. The van der Waals surface area contributed by atoms with E-state index in [0.29, 0.717) is 11.0 Å². The third-order valence-corrected chi connectivity index (χ3v) is 3.42. The number of hydrogen-bond acceptors (Lipinski definition) is 5. The predicted octanol–water partition coefficient (Wildman–Crippen LogP) is 3.55. The van der Waals surface area contributed by atoms with Gasteiger partial charge in [0.25, 0.3) is 0 Å². The molecular weight excluding hydrogens is 298 g/mol. The van der Waals surface area contributed by atoms with Gasteiger partial charge in [0.15, 0.2) is 0 Å². The van der Waals surface area contributed by atoms with Gasteiger partial charge in [-0.2, -0.15) is 4.98 Å². The molecule has 0 bridgehead atoms. The fourth-order valence-electron chi connectivity index (χ4n) is 1.98. The maximum Gasteiger partial charge on any atom is 0.229 e. The van der Waals surface area contributed by atoms with Gasteiger partial charge in [-0.05, 0) is 57.7 Å². The maximum absolute atomic E-state index is 6.03. The van der Waals surface area contributed by atoms with Crippen molar-refractivity contribution in [3.8, 4) is 0 Å². The molecular formula is C16H22ClN5. The first kappa shape index (κ1) is 16.5. The number of anilines is 3. The van der Waals surface area contributed by atoms with E-state index in [1.165, 1.54) is 0 Å². The van der Waals surface area contributed by atoms with Gasteiger partial charge in [-0.25, -0.2) is 4.98 Å². The summed E-state index contributed by atoms with van der Waals surface area (Å²) >= 11 is 6.03. The zero-order chi connectivity index (χ0) is 15.9. The lowest BCUT2D eigenvalue weighted by Gasteiger charge is -2.12. The monoisotopic (exact) mass is 319 g/mol. The van der Waals surface area contributed by atoms with Crippen LogP contribution in [0.25, 0.3) is 0 Å². The van der Waals surface area contributed by atoms with E-state index in [2.05, 4.69) is 39.6 Å². The molecule has 6 heteroatoms. The summed E-state index contributed by atoms with van der Waals surface area (Å²) in [7, 11) is 4.14. The molecule has 0 aliphatic rings. The zero-order valence-corrected chi connectivity index (χ0v) is 14.0. The number of nitrogens with one attached hydrogen (secondary N) is 2. The average Bonchev–Trinajstić information content (AvgIpc) is 2.48. The van der Waals surface area contributed by atoms with Crippen LogP contribution in [-0.4, -0.2) is 42.1 Å². The van der Waals surface area contributed by atoms with Crippen molar-refractivity contribution in [3.63, 3.8) is 0 Å². The Kier molecular flexibility index (Phi) is 5.98. The highest BCUT2D eigenvalue weighted by Crippen LogP contribution is 2.22. The third kappa shape index (κ3) is 5.16. The van der Waals surface area contributed by atoms with Crippen molar-refractivity contribution in [1.29, 1.82) is 0 Å². The molecule has 0 fully saturated rings. The Hall–Kier alpha value is -1.85. The Balaban J connectivity index is 1.97. The standard InChI is InChI=1S/C16H22ClN5/c1-12-5-6-13(17)11-14(12)20-16-19-9-7-15(21-16)18-8-4-10-22(2)3/h5-7,9,11H,4,8,10H2,1-3H3,(H2,18,19,20,21). The smallest absolute Gasteiger partial charge is 0.229 e. The lowest BCUT2D eigenvalue weighted by molar-refractivity contribution is 0.405. The van der Waals surface area contributed by atoms with Gasteiger partial charge < -0.3 is 15.5 Å². The van der Waals surface area contributed by atoms with Crippen molar-refractivity contribution in [3.05, 3.63) is 41.0 Å². The number of hydrogen-bond donors (Lipinski definition) is 2. The number of nitrogens with zero attached hydrogens (tertiary/aromatic N) is 3. The van der Waals surface area contributed by atoms with E-state index in [9.17, 15) is 0 Å². The minimum absolute atomic E-state index is 0.558. The maximum atomic E-state index is 6.03. The molecule has 22 heavy (non-hydrogen) atoms. The zero-order valence-electron chi connectivity index (χ0n) is 13.2. The molecule has 0 saturated carbocycles. The van der Waals surface area contributed by atoms with Crippen molar-refractivity contribution < 1.29 is 0 Å². The highest BCUT2D eigenvalue weighted by atomic mass is 35.5. The molecule has 118 valence electrons. The van der Waals surface area contributed by atoms with E-state index < -0.39 is 0 Å². The minimum atomic E-state index is 0.558. The lowest BCUT2D eigenvalue weighted by atomic mass is 10.2. The molecule has 2 aromatic rings. The highest BCUT2D eigenvalue weighted by Gasteiger charge is 2.03. The largest absolute Gasteiger partial charge is 0.370 e. The second kappa shape index (κ2) is 7.96. The van der Waals surface area contributed by atoms with Crippen LogP contribution in [0, 0.1) is 6.92 Å². The summed E-state index contributed by atoms with van der Waals surface area (Å²) in [5, 5.41) is 7.20. The Morgan fingerprint density at radius 1 is 1.23 bits per heavy atom. The number of halogens is 1. The summed E-state index contributed by atoms with van der Waals surface area (Å²) in [6.45, 7) is 3.94. The van der Waals surface area contributed by atoms with Crippen molar-refractivity contribution in [1.82, 2.24) is 14.9 Å². The third-order valence-electron chi connectivity index (χ3n) is 3.19. The van der Waals surface area contributed by atoms with E-state index in [-0.39, 0.29) is 0 Å². The molecule has 0 atom stereocenters. The molecule has 1 aromatic heterocycles. The van der Waals surface area contributed by atoms with Gasteiger partial charge in [-0.3, -0.25) is 0 Å². The Bertz CT molecular complexity index is 615. The number of rotatable bonds is 7. The first-order chi connectivity index (χ1) is 10.5. The fraction of sp³-hybridized carbons (Fsp3) is 0.375. The van der Waals surface area contributed by atoms with E-state index in [0.717, 1.165) is 36.6 Å². The SMILES string of the molecule is Cc1ccc(Cl)cc1Nc1nccc(NCCCN(C)C)n1. The van der Waals surface area contributed by atoms with Crippen LogP contribution in [0.5, 0.6) is 0 Å². The number of aryl methyl sites for hydroxylation is 1. The molecule has 0 radical (unpaired) electrons. The summed E-state index contributed by atoms with van der Waals surface area (Å²) in [5.74, 6) is 1.37. The molecule has 1 heterocycles. The lowest BCUT2D eigenvalue weighted by Crippen LogP contribution is -2.16. The van der Waals surface area contributed by atoms with Crippen LogP contribution in [-0.2, 0) is 0 Å². The van der Waals surface area contributed by atoms with E-state index in [4.69, 9.17) is 11.6 Å². The molecule has 0 unspecified atom stereocenters. The van der Waals surface area contributed by atoms with Crippen LogP contribution in [0.1, 0.15) is 12.0 Å². The van der Waals surface area contributed by atoms with Crippen LogP contribution in [0.2, 0.25) is 5.02 Å². The Morgan fingerprint density at radius 3 is 2.82 bits per heavy atom. The Labute approximate surface area is 136 Å². The first-order valence-electron chi connectivity index (χ1n) is 7.29. The molecule has 2 rings (SSSR count). The van der Waals surface area contributed by atoms with Crippen LogP contribution in [0.3, 0.4) is 0 Å². The second-order valence-corrected chi connectivity index (χ2v) is 5.87. The molecule has 5 nitrogen and oxygen atoms in total. The quantitative estimate of drug-likeness (QED) is 0.764. The van der Waals surface area contributed by atoms with E-state index >= 15 is 0 Å². The van der Waals surface area contributed by atoms with Crippen LogP contribution < -0.4 is 10.6 Å². The summed E-state index contributed by atoms with van der Waals surface area (Å²) in [6, 6.07) is 7.57. The molecule has 1 aromatic carbocycles. The second-order valence-electron chi connectivity index (χ2n) is 5.43. The van der Waals surface area contributed by atoms with Crippen molar-refractivity contribution in [2.24, 2.45) is 0 Å². The van der Waals surface area contributed by atoms with Gasteiger partial charge in [-0.15, -0.1) is 0 Å². The summed E-state index contributed by atoms with van der Waals surface area (Å²) in [5.41, 5.74) is 2.01. The summed E-state index contributed by atoms with van der Waals surface area (Å²) in [4.78, 5) is 10.9. The van der Waals surface area contributed by atoms with Gasteiger partial charge in [0.2, 0.25) is 5.95 Å². The predicted molar refractivity (Wildman–Crippen MR) is 93.2 cm³/mol. The topological polar surface area (TPSA) is 53.1 Å². The normalized spacial score (nSPS) is 10.8. The van der Waals surface area contributed by atoms with Gasteiger partial charge in [0.1, 0.15) is 5.82 Å². The molecule has 0 aliphatic carbocycles. The summed E-state index contributed by atoms with van der Waals surface area (Å²) < 4.78 is 0. The average molecular weight is 320 g/mol. The molecule has 0 amide bonds. The fourth-order valence-corrected chi connectivity index (χ4v) is 2.15. The van der Waals surface area contributed by atoms with Crippen molar-refractivity contribution >= 4 is 29.1 Å². The van der Waals surface area contributed by atoms with Crippen LogP contribution in [0.4, 0.5) is 17.5 Å². The Morgan fingerprint density at radius 2 is 2.05 bits per heavy atom. The summed E-state index contributed by atoms with van der Waals surface area (Å²) in [6.07, 6.45) is 2.80. The molecule has 0 aliphatic heterocycles. The van der Waals surface area contributed by atoms with Crippen LogP contribution in [0.15, 0.2) is 30.5 Å². The van der Waals surface area contributed by atoms with Gasteiger partial charge >= 0.3 is 0 Å².